The lowest BCUT2D eigenvalue weighted by Gasteiger charge is -2.28. The molecule has 124 valence electrons. The molecule has 24 heavy (non-hydrogen) atoms. The number of rotatable bonds is 2. The summed E-state index contributed by atoms with van der Waals surface area (Å²) in [5.74, 6) is -0.286. The summed E-state index contributed by atoms with van der Waals surface area (Å²) in [7, 11) is 1.49. The van der Waals surface area contributed by atoms with Crippen molar-refractivity contribution in [3.8, 4) is 34.5 Å². The Balaban J connectivity index is 1.80. The molecule has 2 aliphatic rings. The second-order valence-corrected chi connectivity index (χ2v) is 5.49. The summed E-state index contributed by atoms with van der Waals surface area (Å²) in [6.45, 7) is 0.134. The number of methoxy groups -OCH3 is 1. The fourth-order valence-corrected chi connectivity index (χ4v) is 2.97. The molecular formula is C17H13O7-. The minimum atomic E-state index is -0.709. The van der Waals surface area contributed by atoms with Gasteiger partial charge in [0.15, 0.2) is 17.3 Å². The number of phenolic OH excluding ortho intramolecular Hbond substituents is 1. The van der Waals surface area contributed by atoms with Crippen molar-refractivity contribution in [2.24, 2.45) is 0 Å². The SMILES string of the molecule is COc1cc2c(cc1[C@@H]1COc3cc(O)cc([O-])c3C1=O)OCO2. The molecule has 0 saturated heterocycles. The van der Waals surface area contributed by atoms with E-state index in [-0.39, 0.29) is 36.2 Å². The van der Waals surface area contributed by atoms with Gasteiger partial charge in [-0.3, -0.25) is 4.79 Å². The van der Waals surface area contributed by atoms with Crippen LogP contribution in [0.4, 0.5) is 0 Å². The van der Waals surface area contributed by atoms with Gasteiger partial charge in [-0.25, -0.2) is 0 Å². The van der Waals surface area contributed by atoms with Crippen molar-refractivity contribution in [2.45, 2.75) is 5.92 Å². The zero-order chi connectivity index (χ0) is 16.8. The fourth-order valence-electron chi connectivity index (χ4n) is 2.97. The Morgan fingerprint density at radius 2 is 1.88 bits per heavy atom. The van der Waals surface area contributed by atoms with E-state index >= 15 is 0 Å². The monoisotopic (exact) mass is 329 g/mol. The van der Waals surface area contributed by atoms with Gasteiger partial charge in [-0.1, -0.05) is 5.75 Å². The predicted octanol–water partition coefficient (Wildman–Crippen LogP) is 1.56. The molecule has 2 aromatic rings. The van der Waals surface area contributed by atoms with Gasteiger partial charge < -0.3 is 29.2 Å². The van der Waals surface area contributed by atoms with Gasteiger partial charge in [0, 0.05) is 17.7 Å². The van der Waals surface area contributed by atoms with Crippen molar-refractivity contribution in [3.05, 3.63) is 35.4 Å². The fraction of sp³-hybridized carbons (Fsp3) is 0.235. The number of carbonyl (C=O) groups is 1. The van der Waals surface area contributed by atoms with E-state index in [0.29, 0.717) is 22.8 Å². The van der Waals surface area contributed by atoms with Crippen LogP contribution in [0.5, 0.6) is 34.5 Å². The summed E-state index contributed by atoms with van der Waals surface area (Å²) in [6, 6.07) is 5.58. The molecule has 7 heteroatoms. The molecule has 0 aliphatic carbocycles. The molecule has 2 aromatic carbocycles. The minimum Gasteiger partial charge on any atom is -0.872 e. The van der Waals surface area contributed by atoms with Crippen molar-refractivity contribution in [3.63, 3.8) is 0 Å². The molecule has 0 unspecified atom stereocenters. The molecule has 7 nitrogen and oxygen atoms in total. The first-order valence-electron chi connectivity index (χ1n) is 7.27. The Morgan fingerprint density at radius 1 is 1.12 bits per heavy atom. The van der Waals surface area contributed by atoms with Crippen molar-refractivity contribution in [1.82, 2.24) is 0 Å². The van der Waals surface area contributed by atoms with E-state index in [9.17, 15) is 15.0 Å². The van der Waals surface area contributed by atoms with Crippen molar-refractivity contribution in [2.75, 3.05) is 20.5 Å². The first-order chi connectivity index (χ1) is 11.6. The number of hydrogen-bond donors (Lipinski definition) is 1. The van der Waals surface area contributed by atoms with E-state index in [1.54, 1.807) is 12.1 Å². The van der Waals surface area contributed by atoms with Crippen LogP contribution in [0.2, 0.25) is 0 Å². The summed E-state index contributed by atoms with van der Waals surface area (Å²) in [5.41, 5.74) is 0.494. The van der Waals surface area contributed by atoms with Crippen LogP contribution in [0, 0.1) is 0 Å². The van der Waals surface area contributed by atoms with Crippen molar-refractivity contribution in [1.29, 1.82) is 0 Å². The maximum absolute atomic E-state index is 12.8. The molecule has 0 bridgehead atoms. The highest BCUT2D eigenvalue weighted by Gasteiger charge is 2.34. The second-order valence-electron chi connectivity index (χ2n) is 5.49. The number of ketones is 1. The third-order valence-corrected chi connectivity index (χ3v) is 4.12. The Hall–Kier alpha value is -3.09. The normalized spacial score (nSPS) is 18.0. The Labute approximate surface area is 137 Å². The van der Waals surface area contributed by atoms with Crippen LogP contribution in [-0.2, 0) is 0 Å². The van der Waals surface area contributed by atoms with Gasteiger partial charge in [0.2, 0.25) is 6.79 Å². The molecule has 0 saturated carbocycles. The lowest BCUT2D eigenvalue weighted by atomic mass is 9.87. The number of carbonyl (C=O) groups excluding carboxylic acids is 1. The highest BCUT2D eigenvalue weighted by atomic mass is 16.7. The second kappa shape index (κ2) is 5.23. The Kier molecular flexibility index (Phi) is 3.16. The largest absolute Gasteiger partial charge is 0.872 e. The van der Waals surface area contributed by atoms with E-state index < -0.39 is 11.7 Å². The lowest BCUT2D eigenvalue weighted by Crippen LogP contribution is -2.27. The third-order valence-electron chi connectivity index (χ3n) is 4.12. The molecule has 0 aromatic heterocycles. The number of Topliss-reactive ketones (excluding diaryl/α,β-unsaturated/α-hetero) is 1. The molecule has 4 rings (SSSR count). The molecular weight excluding hydrogens is 316 g/mol. The number of ether oxygens (including phenoxy) is 4. The predicted molar refractivity (Wildman–Crippen MR) is 79.2 cm³/mol. The van der Waals surface area contributed by atoms with Gasteiger partial charge in [-0.05, 0) is 12.1 Å². The van der Waals surface area contributed by atoms with Crippen LogP contribution in [0.1, 0.15) is 21.8 Å². The van der Waals surface area contributed by atoms with Gasteiger partial charge in [0.25, 0.3) is 0 Å². The van der Waals surface area contributed by atoms with E-state index in [4.69, 9.17) is 18.9 Å². The average Bonchev–Trinajstić information content (AvgIpc) is 3.00. The number of hydrogen-bond acceptors (Lipinski definition) is 7. The highest BCUT2D eigenvalue weighted by molar-refractivity contribution is 6.06. The van der Waals surface area contributed by atoms with E-state index in [2.05, 4.69) is 0 Å². The standard InChI is InChI=1S/C17H14O7/c1-21-12-5-14-13(23-7-24-14)4-9(12)10-6-22-15-3-8(18)2-11(19)16(15)17(10)20/h2-5,10,18-19H,6-7H2,1H3/p-1/t10-/m0/s1. The van der Waals surface area contributed by atoms with Crippen LogP contribution >= 0.6 is 0 Å². The average molecular weight is 329 g/mol. The zero-order valence-electron chi connectivity index (χ0n) is 12.7. The van der Waals surface area contributed by atoms with Crippen LogP contribution in [0.25, 0.3) is 0 Å². The molecule has 1 atom stereocenters. The van der Waals surface area contributed by atoms with Gasteiger partial charge in [0.1, 0.15) is 23.9 Å². The van der Waals surface area contributed by atoms with Crippen molar-refractivity contribution < 1.29 is 34.0 Å². The summed E-state index contributed by atoms with van der Waals surface area (Å²) in [6.07, 6.45) is 0. The number of phenols is 1. The molecule has 0 radical (unpaired) electrons. The molecule has 0 amide bonds. The van der Waals surface area contributed by atoms with Crippen molar-refractivity contribution >= 4 is 5.78 Å². The minimum absolute atomic E-state index is 0.0325. The summed E-state index contributed by atoms with van der Waals surface area (Å²) in [4.78, 5) is 12.8. The highest BCUT2D eigenvalue weighted by Crippen LogP contribution is 2.45. The zero-order valence-corrected chi connectivity index (χ0v) is 12.7. The summed E-state index contributed by atoms with van der Waals surface area (Å²) >= 11 is 0. The molecule has 0 fully saturated rings. The quantitative estimate of drug-likeness (QED) is 0.893. The van der Waals surface area contributed by atoms with Crippen LogP contribution in [-0.4, -0.2) is 31.4 Å². The topological polar surface area (TPSA) is 97.3 Å². The molecule has 0 spiro atoms. The smallest absolute Gasteiger partial charge is 0.231 e. The Bertz CT molecular complexity index is 843. The van der Waals surface area contributed by atoms with Crippen LogP contribution < -0.4 is 24.1 Å². The first kappa shape index (κ1) is 14.5. The van der Waals surface area contributed by atoms with E-state index in [0.717, 1.165) is 6.07 Å². The molecule has 2 aliphatic heterocycles. The first-order valence-corrected chi connectivity index (χ1v) is 7.27. The van der Waals surface area contributed by atoms with E-state index in [1.165, 1.54) is 13.2 Å². The van der Waals surface area contributed by atoms with Gasteiger partial charge in [-0.15, -0.1) is 0 Å². The lowest BCUT2D eigenvalue weighted by molar-refractivity contribution is -0.269. The number of aromatic hydroxyl groups is 1. The third kappa shape index (κ3) is 2.09. The number of benzene rings is 2. The maximum atomic E-state index is 12.8. The van der Waals surface area contributed by atoms with Gasteiger partial charge in [-0.2, -0.15) is 0 Å². The Morgan fingerprint density at radius 3 is 2.62 bits per heavy atom. The summed E-state index contributed by atoms with van der Waals surface area (Å²) < 4.78 is 21.5. The number of fused-ring (bicyclic) bond motifs is 2. The maximum Gasteiger partial charge on any atom is 0.231 e. The van der Waals surface area contributed by atoms with E-state index in [1.807, 2.05) is 0 Å². The van der Waals surface area contributed by atoms with Crippen LogP contribution in [0.15, 0.2) is 24.3 Å². The molecule has 1 N–H and O–H groups in total. The van der Waals surface area contributed by atoms with Crippen LogP contribution in [0.3, 0.4) is 0 Å². The van der Waals surface area contributed by atoms with Gasteiger partial charge >= 0.3 is 0 Å². The molecule has 2 heterocycles. The summed E-state index contributed by atoms with van der Waals surface area (Å²) in [5, 5.41) is 21.6. The van der Waals surface area contributed by atoms with Gasteiger partial charge in [0.05, 0.1) is 18.6 Å².